The number of nitrogens with zero attached hydrogens (tertiary/aromatic N) is 1. The Morgan fingerprint density at radius 3 is 2.95 bits per heavy atom. The van der Waals surface area contributed by atoms with E-state index in [9.17, 15) is 20.1 Å². The van der Waals surface area contributed by atoms with Gasteiger partial charge in [0.1, 0.15) is 23.6 Å². The largest absolute Gasteiger partial charge is 0.507 e. The average molecular weight is 283 g/mol. The molecule has 20 heavy (non-hydrogen) atoms. The van der Waals surface area contributed by atoms with Gasteiger partial charge in [-0.25, -0.2) is 0 Å². The molecule has 2 aliphatic rings. The molecule has 2 fully saturated rings. The van der Waals surface area contributed by atoms with Crippen LogP contribution >= 0.6 is 0 Å². The number of aliphatic hydroxyl groups is 2. The zero-order chi connectivity index (χ0) is 14.5. The third-order valence-corrected chi connectivity index (χ3v) is 4.09. The Balaban J connectivity index is 2.01. The molecule has 7 heteroatoms. The molecule has 2 aliphatic heterocycles. The lowest BCUT2D eigenvalue weighted by molar-refractivity contribution is -0.110. The zero-order valence-electron chi connectivity index (χ0n) is 11.0. The van der Waals surface area contributed by atoms with Crippen molar-refractivity contribution in [2.45, 2.75) is 37.4 Å². The third-order valence-electron chi connectivity index (χ3n) is 4.09. The number of fused-ring (bicyclic) bond motifs is 1. The summed E-state index contributed by atoms with van der Waals surface area (Å²) < 4.78 is 12.4. The molecule has 3 rings (SSSR count). The molecule has 3 heterocycles. The van der Waals surface area contributed by atoms with Gasteiger partial charge in [-0.2, -0.15) is 0 Å². The Morgan fingerprint density at radius 1 is 1.55 bits per heavy atom. The summed E-state index contributed by atoms with van der Waals surface area (Å²) in [7, 11) is 0. The molecule has 110 valence electrons. The van der Waals surface area contributed by atoms with Gasteiger partial charge in [-0.15, -0.1) is 0 Å². The first-order valence-electron chi connectivity index (χ1n) is 6.48. The third kappa shape index (κ3) is 1.78. The number of hydrogen-bond acceptors (Lipinski definition) is 6. The van der Waals surface area contributed by atoms with Crippen molar-refractivity contribution in [1.29, 1.82) is 0 Å². The molecule has 0 radical (unpaired) electrons. The number of aromatic hydroxyl groups is 1. The van der Waals surface area contributed by atoms with Crippen molar-refractivity contribution in [3.63, 3.8) is 0 Å². The Hall–Kier alpha value is -1.41. The molecule has 4 atom stereocenters. The van der Waals surface area contributed by atoms with Crippen LogP contribution in [0.15, 0.2) is 17.1 Å². The summed E-state index contributed by atoms with van der Waals surface area (Å²) in [5.74, 6) is -0.105. The van der Waals surface area contributed by atoms with Gasteiger partial charge >= 0.3 is 0 Å². The molecule has 0 bridgehead atoms. The monoisotopic (exact) mass is 283 g/mol. The van der Waals surface area contributed by atoms with E-state index >= 15 is 0 Å². The summed E-state index contributed by atoms with van der Waals surface area (Å²) in [6.07, 6.45) is -0.741. The van der Waals surface area contributed by atoms with Crippen molar-refractivity contribution < 1.29 is 24.8 Å². The van der Waals surface area contributed by atoms with Crippen LogP contribution in [-0.4, -0.2) is 50.9 Å². The Morgan fingerprint density at radius 2 is 2.30 bits per heavy atom. The topological polar surface area (TPSA) is 101 Å². The summed E-state index contributed by atoms with van der Waals surface area (Å²) in [6.45, 7) is 1.77. The van der Waals surface area contributed by atoms with Crippen molar-refractivity contribution in [2.24, 2.45) is 0 Å². The van der Waals surface area contributed by atoms with E-state index in [0.29, 0.717) is 18.6 Å². The van der Waals surface area contributed by atoms with Gasteiger partial charge in [-0.1, -0.05) is 0 Å². The highest BCUT2D eigenvalue weighted by atomic mass is 16.6. The fraction of sp³-hybridized carbons (Fsp3) is 0.615. The van der Waals surface area contributed by atoms with Crippen LogP contribution in [0.25, 0.3) is 0 Å². The lowest BCUT2D eigenvalue weighted by Crippen LogP contribution is -2.42. The number of rotatable bonds is 2. The van der Waals surface area contributed by atoms with Gasteiger partial charge in [0.25, 0.3) is 5.56 Å². The summed E-state index contributed by atoms with van der Waals surface area (Å²) in [5.41, 5.74) is -0.948. The Labute approximate surface area is 115 Å². The van der Waals surface area contributed by atoms with E-state index in [0.717, 1.165) is 6.07 Å². The number of aliphatic hydroxyl groups excluding tert-OH is 2. The van der Waals surface area contributed by atoms with E-state index in [1.165, 1.54) is 10.8 Å². The first-order chi connectivity index (χ1) is 9.48. The second-order valence-electron chi connectivity index (χ2n) is 5.35. The van der Waals surface area contributed by atoms with E-state index in [1.54, 1.807) is 6.92 Å². The van der Waals surface area contributed by atoms with E-state index in [2.05, 4.69) is 0 Å². The molecule has 0 saturated carbocycles. The van der Waals surface area contributed by atoms with Gasteiger partial charge in [0.2, 0.25) is 0 Å². The van der Waals surface area contributed by atoms with E-state index in [-0.39, 0.29) is 12.4 Å². The fourth-order valence-corrected chi connectivity index (χ4v) is 2.92. The van der Waals surface area contributed by atoms with Crippen molar-refractivity contribution in [3.05, 3.63) is 28.2 Å². The van der Waals surface area contributed by atoms with Gasteiger partial charge in [-0.3, -0.25) is 9.36 Å². The van der Waals surface area contributed by atoms with Crippen LogP contribution < -0.4 is 5.56 Å². The summed E-state index contributed by atoms with van der Waals surface area (Å²) in [4.78, 5) is 11.9. The molecule has 1 aromatic rings. The van der Waals surface area contributed by atoms with Crippen LogP contribution in [0.1, 0.15) is 18.2 Å². The van der Waals surface area contributed by atoms with Crippen molar-refractivity contribution in [2.75, 3.05) is 13.2 Å². The molecule has 3 unspecified atom stereocenters. The Kier molecular flexibility index (Phi) is 3.09. The van der Waals surface area contributed by atoms with Crippen molar-refractivity contribution in [1.82, 2.24) is 4.57 Å². The highest BCUT2D eigenvalue weighted by molar-refractivity contribution is 5.27. The maximum atomic E-state index is 11.9. The van der Waals surface area contributed by atoms with Crippen LogP contribution in [0.2, 0.25) is 0 Å². The zero-order valence-corrected chi connectivity index (χ0v) is 11.0. The maximum Gasteiger partial charge on any atom is 0.256 e. The molecule has 7 nitrogen and oxygen atoms in total. The molecular formula is C13H17NO6. The van der Waals surface area contributed by atoms with Crippen LogP contribution in [0, 0.1) is 6.92 Å². The highest BCUT2D eigenvalue weighted by Gasteiger charge is 2.58. The van der Waals surface area contributed by atoms with Crippen LogP contribution in [-0.2, 0) is 9.47 Å². The standard InChI is InChI=1S/C13H17NO6/c1-7-5-14(9(17)4-8(7)16)12-10(18)11-13(6-15,20-12)2-3-19-11/h4-5,10-12,15-16,18H,2-3,6H2,1H3/t10?,11?,12-,13?/m1/s1. The summed E-state index contributed by atoms with van der Waals surface area (Å²) in [6, 6.07) is 1.08. The predicted molar refractivity (Wildman–Crippen MR) is 67.4 cm³/mol. The molecule has 0 aliphatic carbocycles. The fourth-order valence-electron chi connectivity index (χ4n) is 2.92. The van der Waals surface area contributed by atoms with E-state index < -0.39 is 29.6 Å². The molecule has 0 aromatic carbocycles. The van der Waals surface area contributed by atoms with Gasteiger partial charge in [0, 0.05) is 24.2 Å². The second-order valence-corrected chi connectivity index (χ2v) is 5.35. The lowest BCUT2D eigenvalue weighted by atomic mass is 9.95. The van der Waals surface area contributed by atoms with E-state index in [4.69, 9.17) is 9.47 Å². The molecule has 2 saturated heterocycles. The van der Waals surface area contributed by atoms with Gasteiger partial charge in [-0.05, 0) is 6.92 Å². The molecule has 1 aromatic heterocycles. The van der Waals surface area contributed by atoms with Crippen LogP contribution in [0.3, 0.4) is 0 Å². The summed E-state index contributed by atoms with van der Waals surface area (Å²) >= 11 is 0. The van der Waals surface area contributed by atoms with Gasteiger partial charge in [0.05, 0.1) is 13.2 Å². The first kappa shape index (κ1) is 13.6. The molecule has 3 N–H and O–H groups in total. The molecular weight excluding hydrogens is 266 g/mol. The predicted octanol–water partition coefficient (Wildman–Crippen LogP) is -0.728. The quantitative estimate of drug-likeness (QED) is 0.661. The van der Waals surface area contributed by atoms with Gasteiger partial charge in [0.15, 0.2) is 6.23 Å². The minimum Gasteiger partial charge on any atom is -0.507 e. The SMILES string of the molecule is Cc1cn([C@@H]2OC3(CO)CCOC3C2O)c(=O)cc1O. The van der Waals surface area contributed by atoms with E-state index in [1.807, 2.05) is 0 Å². The minimum atomic E-state index is -1.05. The van der Waals surface area contributed by atoms with Gasteiger partial charge < -0.3 is 24.8 Å². The average Bonchev–Trinajstić information content (AvgIpc) is 2.94. The number of aromatic nitrogens is 1. The smallest absolute Gasteiger partial charge is 0.256 e. The van der Waals surface area contributed by atoms with Crippen molar-refractivity contribution in [3.8, 4) is 5.75 Å². The Bertz CT molecular complexity index is 585. The second kappa shape index (κ2) is 4.56. The minimum absolute atomic E-state index is 0.105. The molecule has 0 amide bonds. The first-order valence-corrected chi connectivity index (χ1v) is 6.48. The normalized spacial score (nSPS) is 36.2. The highest BCUT2D eigenvalue weighted by Crippen LogP contribution is 2.44. The lowest BCUT2D eigenvalue weighted by Gasteiger charge is -2.24. The number of pyridine rings is 1. The van der Waals surface area contributed by atoms with Crippen molar-refractivity contribution >= 4 is 0 Å². The number of ether oxygens (including phenoxy) is 2. The summed E-state index contributed by atoms with van der Waals surface area (Å²) in [5, 5.41) is 29.4. The van der Waals surface area contributed by atoms with Crippen LogP contribution in [0.5, 0.6) is 5.75 Å². The molecule has 0 spiro atoms. The maximum absolute atomic E-state index is 11.9. The number of aryl methyl sites for hydroxylation is 1. The van der Waals surface area contributed by atoms with Crippen LogP contribution in [0.4, 0.5) is 0 Å². The number of hydrogen-bond donors (Lipinski definition) is 3.